The second-order valence-electron chi connectivity index (χ2n) is 6.81. The molecule has 1 aromatic carbocycles. The van der Waals surface area contributed by atoms with Gasteiger partial charge in [-0.2, -0.15) is 0 Å². The highest BCUT2D eigenvalue weighted by atomic mass is 32.2. The van der Waals surface area contributed by atoms with Gasteiger partial charge in [0.25, 0.3) is 0 Å². The van der Waals surface area contributed by atoms with E-state index < -0.39 is 5.97 Å². The van der Waals surface area contributed by atoms with E-state index in [1.165, 1.54) is 11.8 Å². The number of ether oxygens (including phenoxy) is 2. The van der Waals surface area contributed by atoms with Gasteiger partial charge >= 0.3 is 12.0 Å². The van der Waals surface area contributed by atoms with E-state index in [0.717, 1.165) is 41.7 Å². The van der Waals surface area contributed by atoms with E-state index in [4.69, 9.17) is 9.47 Å². The molecular formula is C21H27N5O4S. The van der Waals surface area contributed by atoms with Crippen LogP contribution < -0.4 is 15.4 Å². The second-order valence-corrected chi connectivity index (χ2v) is 7.76. The Morgan fingerprint density at radius 3 is 2.68 bits per heavy atom. The molecule has 31 heavy (non-hydrogen) atoms. The van der Waals surface area contributed by atoms with Gasteiger partial charge in [-0.15, -0.1) is 10.2 Å². The van der Waals surface area contributed by atoms with Crippen LogP contribution in [0.4, 0.5) is 4.79 Å². The number of esters is 1. The standard InChI is InChI=1S/C21H27N5O4S/c1-4-6-11-26-18(14-7-9-15(29-3)10-8-14)24-25-21(26)31-13-17-16(19(27)30-5-2)12-22-20(28)23-17/h7-10H,4-6,11-13H2,1-3H3,(H2,22,23,28). The Morgan fingerprint density at radius 2 is 2.00 bits per heavy atom. The number of nitrogens with one attached hydrogen (secondary N) is 2. The average Bonchev–Trinajstić information content (AvgIpc) is 3.19. The quantitative estimate of drug-likeness (QED) is 0.428. The van der Waals surface area contributed by atoms with Crippen LogP contribution in [0.3, 0.4) is 0 Å². The normalized spacial score (nSPS) is 13.6. The minimum atomic E-state index is -0.433. The van der Waals surface area contributed by atoms with Gasteiger partial charge < -0.3 is 24.7 Å². The zero-order chi connectivity index (χ0) is 22.2. The third-order valence-corrected chi connectivity index (χ3v) is 5.72. The number of nitrogens with zero attached hydrogens (tertiary/aromatic N) is 3. The number of amides is 2. The molecule has 3 rings (SSSR count). The van der Waals surface area contributed by atoms with Crippen LogP contribution >= 0.6 is 11.8 Å². The lowest BCUT2D eigenvalue weighted by Gasteiger charge is -2.21. The summed E-state index contributed by atoms with van der Waals surface area (Å²) in [5.41, 5.74) is 1.89. The Kier molecular flexibility index (Phi) is 7.94. The molecule has 2 N–H and O–H groups in total. The van der Waals surface area contributed by atoms with Crippen LogP contribution in [0, 0.1) is 0 Å². The maximum absolute atomic E-state index is 12.3. The zero-order valence-corrected chi connectivity index (χ0v) is 18.8. The third-order valence-electron chi connectivity index (χ3n) is 4.72. The molecule has 0 saturated carbocycles. The summed E-state index contributed by atoms with van der Waals surface area (Å²) in [6.07, 6.45) is 2.01. The maximum Gasteiger partial charge on any atom is 0.337 e. The van der Waals surface area contributed by atoms with Gasteiger partial charge in [0.2, 0.25) is 0 Å². The van der Waals surface area contributed by atoms with Gasteiger partial charge in [0, 0.05) is 23.6 Å². The number of methoxy groups -OCH3 is 1. The number of benzene rings is 1. The summed E-state index contributed by atoms with van der Waals surface area (Å²) >= 11 is 1.42. The fraction of sp³-hybridized carbons (Fsp3) is 0.429. The molecule has 1 aliphatic rings. The van der Waals surface area contributed by atoms with Crippen molar-refractivity contribution in [2.24, 2.45) is 0 Å². The summed E-state index contributed by atoms with van der Waals surface area (Å²) in [4.78, 5) is 24.1. The summed E-state index contributed by atoms with van der Waals surface area (Å²) < 4.78 is 12.4. The summed E-state index contributed by atoms with van der Waals surface area (Å²) in [7, 11) is 1.63. The van der Waals surface area contributed by atoms with Crippen molar-refractivity contribution in [1.82, 2.24) is 25.4 Å². The molecule has 0 spiro atoms. The van der Waals surface area contributed by atoms with E-state index >= 15 is 0 Å². The molecule has 0 unspecified atom stereocenters. The van der Waals surface area contributed by atoms with Gasteiger partial charge in [-0.25, -0.2) is 9.59 Å². The number of aromatic nitrogens is 3. The van der Waals surface area contributed by atoms with E-state index in [2.05, 4.69) is 32.3 Å². The highest BCUT2D eigenvalue weighted by Gasteiger charge is 2.24. The van der Waals surface area contributed by atoms with Crippen molar-refractivity contribution >= 4 is 23.8 Å². The van der Waals surface area contributed by atoms with Gasteiger partial charge in [0.05, 0.1) is 25.8 Å². The number of urea groups is 1. The molecule has 166 valence electrons. The van der Waals surface area contributed by atoms with Gasteiger partial charge in [-0.05, 0) is 37.6 Å². The van der Waals surface area contributed by atoms with Crippen molar-refractivity contribution in [1.29, 1.82) is 0 Å². The van der Waals surface area contributed by atoms with Gasteiger partial charge in [-0.3, -0.25) is 0 Å². The monoisotopic (exact) mass is 445 g/mol. The molecule has 0 aliphatic carbocycles. The van der Waals surface area contributed by atoms with E-state index in [-0.39, 0.29) is 19.2 Å². The molecule has 2 amide bonds. The fourth-order valence-corrected chi connectivity index (χ4v) is 4.02. The lowest BCUT2D eigenvalue weighted by atomic mass is 10.2. The average molecular weight is 446 g/mol. The van der Waals surface area contributed by atoms with E-state index in [1.807, 2.05) is 24.3 Å². The highest BCUT2D eigenvalue weighted by molar-refractivity contribution is 7.99. The van der Waals surface area contributed by atoms with Gasteiger partial charge in [0.15, 0.2) is 11.0 Å². The summed E-state index contributed by atoms with van der Waals surface area (Å²) in [5.74, 6) is 1.48. The Labute approximate surface area is 185 Å². The molecule has 0 radical (unpaired) electrons. The molecule has 9 nitrogen and oxygen atoms in total. The Balaban J connectivity index is 1.85. The molecule has 2 aromatic rings. The summed E-state index contributed by atoms with van der Waals surface area (Å²) in [6, 6.07) is 7.35. The number of rotatable bonds is 10. The predicted octanol–water partition coefficient (Wildman–Crippen LogP) is 2.98. The minimum absolute atomic E-state index is 0.139. The number of hydrogen-bond donors (Lipinski definition) is 2. The van der Waals surface area contributed by atoms with E-state index in [1.54, 1.807) is 14.0 Å². The van der Waals surface area contributed by atoms with Gasteiger partial charge in [-0.1, -0.05) is 25.1 Å². The van der Waals surface area contributed by atoms with Gasteiger partial charge in [0.1, 0.15) is 5.75 Å². The molecule has 0 bridgehead atoms. The van der Waals surface area contributed by atoms with E-state index in [0.29, 0.717) is 17.0 Å². The summed E-state index contributed by atoms with van der Waals surface area (Å²) in [6.45, 7) is 5.06. The number of carbonyl (C=O) groups is 2. The number of carbonyl (C=O) groups excluding carboxylic acids is 2. The fourth-order valence-electron chi connectivity index (χ4n) is 3.07. The van der Waals surface area contributed by atoms with Crippen molar-refractivity contribution in [2.75, 3.05) is 26.0 Å². The Hall–Kier alpha value is -3.01. The highest BCUT2D eigenvalue weighted by Crippen LogP contribution is 2.27. The topological polar surface area (TPSA) is 107 Å². The van der Waals surface area contributed by atoms with Crippen LogP contribution in [0.25, 0.3) is 11.4 Å². The zero-order valence-electron chi connectivity index (χ0n) is 17.9. The molecular weight excluding hydrogens is 418 g/mol. The third kappa shape index (κ3) is 5.57. The first-order valence-electron chi connectivity index (χ1n) is 10.2. The maximum atomic E-state index is 12.3. The lowest BCUT2D eigenvalue weighted by molar-refractivity contribution is -0.138. The number of thioether (sulfide) groups is 1. The van der Waals surface area contributed by atoms with Crippen molar-refractivity contribution in [3.05, 3.63) is 35.5 Å². The van der Waals surface area contributed by atoms with Crippen LogP contribution in [-0.2, 0) is 16.1 Å². The largest absolute Gasteiger partial charge is 0.497 e. The van der Waals surface area contributed by atoms with Crippen LogP contribution in [0.1, 0.15) is 26.7 Å². The van der Waals surface area contributed by atoms with Crippen molar-refractivity contribution in [3.8, 4) is 17.1 Å². The molecule has 0 fully saturated rings. The van der Waals surface area contributed by atoms with Crippen LogP contribution in [0.2, 0.25) is 0 Å². The Morgan fingerprint density at radius 1 is 1.23 bits per heavy atom. The van der Waals surface area contributed by atoms with Crippen molar-refractivity contribution in [3.63, 3.8) is 0 Å². The molecule has 0 saturated heterocycles. The molecule has 1 aliphatic heterocycles. The van der Waals surface area contributed by atoms with Crippen LogP contribution in [-0.4, -0.2) is 52.8 Å². The smallest absolute Gasteiger partial charge is 0.337 e. The first-order chi connectivity index (χ1) is 15.1. The molecule has 1 aromatic heterocycles. The van der Waals surface area contributed by atoms with Crippen LogP contribution in [0.15, 0.2) is 40.7 Å². The van der Waals surface area contributed by atoms with E-state index in [9.17, 15) is 9.59 Å². The number of hydrogen-bond acceptors (Lipinski definition) is 7. The van der Waals surface area contributed by atoms with Crippen molar-refractivity contribution < 1.29 is 19.1 Å². The molecule has 2 heterocycles. The second kappa shape index (κ2) is 10.9. The Bertz CT molecular complexity index is 955. The summed E-state index contributed by atoms with van der Waals surface area (Å²) in [5, 5.41) is 14.8. The minimum Gasteiger partial charge on any atom is -0.497 e. The van der Waals surface area contributed by atoms with Crippen LogP contribution in [0.5, 0.6) is 5.75 Å². The first-order valence-corrected chi connectivity index (χ1v) is 11.2. The molecule has 10 heteroatoms. The lowest BCUT2D eigenvalue weighted by Crippen LogP contribution is -2.44. The molecule has 0 atom stereocenters. The van der Waals surface area contributed by atoms with Crippen molar-refractivity contribution in [2.45, 2.75) is 38.4 Å². The number of unbranched alkanes of at least 4 members (excludes halogenated alkanes) is 1. The SMILES string of the molecule is CCCCn1c(SCC2=C(C(=O)OCC)CNC(=O)N2)nnc1-c1ccc(OC)cc1. The first kappa shape index (κ1) is 22.7. The predicted molar refractivity (Wildman–Crippen MR) is 118 cm³/mol.